The molecule has 28 heavy (non-hydrogen) atoms. The maximum atomic E-state index is 5.46. The average molecular weight is 378 g/mol. The molecule has 3 rings (SSSR count). The molecule has 0 fully saturated rings. The lowest BCUT2D eigenvalue weighted by molar-refractivity contribution is 0.395. The second kappa shape index (κ2) is 8.61. The number of nitrogens with zero attached hydrogens (tertiary/aromatic N) is 2. The van der Waals surface area contributed by atoms with Crippen LogP contribution in [0.1, 0.15) is 23.9 Å². The lowest BCUT2D eigenvalue weighted by atomic mass is 10.1. The Morgan fingerprint density at radius 1 is 0.893 bits per heavy atom. The molecule has 0 aliphatic rings. The lowest BCUT2D eigenvalue weighted by Gasteiger charge is -2.16. The van der Waals surface area contributed by atoms with E-state index in [4.69, 9.17) is 9.47 Å². The third-order valence-electron chi connectivity index (χ3n) is 4.50. The number of benzene rings is 2. The largest absolute Gasteiger partial charge is 0.497 e. The van der Waals surface area contributed by atoms with Crippen LogP contribution in [0.3, 0.4) is 0 Å². The summed E-state index contributed by atoms with van der Waals surface area (Å²) >= 11 is 0. The maximum absolute atomic E-state index is 5.46. The van der Waals surface area contributed by atoms with Crippen LogP contribution in [0.5, 0.6) is 11.5 Å². The summed E-state index contributed by atoms with van der Waals surface area (Å²) in [5.41, 5.74) is 4.33. The fourth-order valence-corrected chi connectivity index (χ4v) is 3.07. The van der Waals surface area contributed by atoms with Crippen molar-refractivity contribution in [3.63, 3.8) is 0 Å². The third kappa shape index (κ3) is 4.34. The van der Waals surface area contributed by atoms with Gasteiger partial charge in [-0.05, 0) is 43.5 Å². The van der Waals surface area contributed by atoms with Gasteiger partial charge in [-0.15, -0.1) is 0 Å². The highest BCUT2D eigenvalue weighted by atomic mass is 16.5. The van der Waals surface area contributed by atoms with Crippen LogP contribution < -0.4 is 20.1 Å². The minimum atomic E-state index is 0.673. The Morgan fingerprint density at radius 2 is 1.64 bits per heavy atom. The van der Waals surface area contributed by atoms with Gasteiger partial charge in [-0.2, -0.15) is 0 Å². The van der Waals surface area contributed by atoms with Crippen molar-refractivity contribution >= 4 is 23.0 Å². The number of rotatable bonds is 7. The molecule has 1 aromatic heterocycles. The number of aryl methyl sites for hydroxylation is 3. The molecule has 1 heterocycles. The average Bonchev–Trinajstić information content (AvgIpc) is 2.69. The number of methoxy groups -OCH3 is 2. The van der Waals surface area contributed by atoms with E-state index in [1.165, 1.54) is 11.1 Å². The topological polar surface area (TPSA) is 68.3 Å². The van der Waals surface area contributed by atoms with Crippen molar-refractivity contribution in [3.8, 4) is 11.5 Å². The molecule has 6 nitrogen and oxygen atoms in total. The molecule has 2 aromatic carbocycles. The van der Waals surface area contributed by atoms with Gasteiger partial charge in [-0.1, -0.05) is 25.1 Å². The molecule has 0 aliphatic heterocycles. The zero-order chi connectivity index (χ0) is 20.1. The van der Waals surface area contributed by atoms with E-state index in [2.05, 4.69) is 52.6 Å². The molecule has 3 aromatic rings. The van der Waals surface area contributed by atoms with Crippen molar-refractivity contribution < 1.29 is 9.47 Å². The SMILES string of the molecule is CCc1cccc(C)c1Nc1cc(Nc2ccc(OC)cc2OC)nc(C)n1. The van der Waals surface area contributed by atoms with Gasteiger partial charge < -0.3 is 20.1 Å². The predicted molar refractivity (Wildman–Crippen MR) is 113 cm³/mol. The van der Waals surface area contributed by atoms with Crippen LogP contribution >= 0.6 is 0 Å². The number of hydrogen-bond acceptors (Lipinski definition) is 6. The Balaban J connectivity index is 1.91. The summed E-state index contributed by atoms with van der Waals surface area (Å²) in [5, 5.41) is 6.78. The van der Waals surface area contributed by atoms with Gasteiger partial charge in [0.2, 0.25) is 0 Å². The van der Waals surface area contributed by atoms with Crippen molar-refractivity contribution in [1.29, 1.82) is 0 Å². The summed E-state index contributed by atoms with van der Waals surface area (Å²) in [4.78, 5) is 9.05. The molecule has 146 valence electrons. The molecule has 0 spiro atoms. The van der Waals surface area contributed by atoms with Crippen molar-refractivity contribution in [1.82, 2.24) is 9.97 Å². The van der Waals surface area contributed by atoms with E-state index in [9.17, 15) is 0 Å². The normalized spacial score (nSPS) is 10.5. The summed E-state index contributed by atoms with van der Waals surface area (Å²) in [7, 11) is 3.26. The first kappa shape index (κ1) is 19.5. The summed E-state index contributed by atoms with van der Waals surface area (Å²) in [6.07, 6.45) is 0.947. The maximum Gasteiger partial charge on any atom is 0.146 e. The molecule has 6 heteroatoms. The van der Waals surface area contributed by atoms with Crippen LogP contribution in [0.25, 0.3) is 0 Å². The van der Waals surface area contributed by atoms with E-state index in [0.717, 1.165) is 29.4 Å². The molecule has 0 aliphatic carbocycles. The molecule has 0 radical (unpaired) electrons. The number of para-hydroxylation sites is 1. The van der Waals surface area contributed by atoms with Crippen LogP contribution in [0.15, 0.2) is 42.5 Å². The summed E-state index contributed by atoms with van der Waals surface area (Å²) < 4.78 is 10.7. The van der Waals surface area contributed by atoms with Crippen molar-refractivity contribution in [2.45, 2.75) is 27.2 Å². The first-order valence-electron chi connectivity index (χ1n) is 9.24. The number of nitrogens with one attached hydrogen (secondary N) is 2. The Bertz CT molecular complexity index is 973. The standard InChI is InChI=1S/C22H26N4O2/c1-6-16-9-7-8-14(2)22(16)26-21-13-20(23-15(3)24-21)25-18-11-10-17(27-4)12-19(18)28-5/h7-13H,6H2,1-5H3,(H2,23,24,25,26). The molecule has 2 N–H and O–H groups in total. The first-order valence-corrected chi connectivity index (χ1v) is 9.24. The van der Waals surface area contributed by atoms with Gasteiger partial charge in [0.15, 0.2) is 0 Å². The number of aromatic nitrogens is 2. The molecule has 0 bridgehead atoms. The van der Waals surface area contributed by atoms with E-state index >= 15 is 0 Å². The molecular formula is C22H26N4O2. The Labute approximate surface area is 166 Å². The van der Waals surface area contributed by atoms with E-state index in [1.54, 1.807) is 14.2 Å². The summed E-state index contributed by atoms with van der Waals surface area (Å²) in [6, 6.07) is 13.8. The lowest BCUT2D eigenvalue weighted by Crippen LogP contribution is -2.04. The minimum absolute atomic E-state index is 0.673. The second-order valence-electron chi connectivity index (χ2n) is 6.46. The monoisotopic (exact) mass is 378 g/mol. The van der Waals surface area contributed by atoms with E-state index in [1.807, 2.05) is 31.2 Å². The molecule has 0 saturated heterocycles. The van der Waals surface area contributed by atoms with Gasteiger partial charge in [0.1, 0.15) is 29.0 Å². The summed E-state index contributed by atoms with van der Waals surface area (Å²) in [6.45, 7) is 6.12. The van der Waals surface area contributed by atoms with Crippen LogP contribution in [0, 0.1) is 13.8 Å². The third-order valence-corrected chi connectivity index (χ3v) is 4.50. The highest BCUT2D eigenvalue weighted by Crippen LogP contribution is 2.32. The van der Waals surface area contributed by atoms with E-state index in [-0.39, 0.29) is 0 Å². The fraction of sp³-hybridized carbons (Fsp3) is 0.273. The van der Waals surface area contributed by atoms with Crippen LogP contribution in [-0.4, -0.2) is 24.2 Å². The molecular weight excluding hydrogens is 352 g/mol. The van der Waals surface area contributed by atoms with Crippen LogP contribution in [-0.2, 0) is 6.42 Å². The molecule has 0 amide bonds. The highest BCUT2D eigenvalue weighted by Gasteiger charge is 2.10. The molecule has 0 saturated carbocycles. The van der Waals surface area contributed by atoms with Crippen LogP contribution in [0.2, 0.25) is 0 Å². The molecule has 0 unspecified atom stereocenters. The minimum Gasteiger partial charge on any atom is -0.497 e. The van der Waals surface area contributed by atoms with Gasteiger partial charge in [0.05, 0.1) is 19.9 Å². The number of ether oxygens (including phenoxy) is 2. The Kier molecular flexibility index (Phi) is 5.99. The van der Waals surface area contributed by atoms with Crippen LogP contribution in [0.4, 0.5) is 23.0 Å². The van der Waals surface area contributed by atoms with Crippen molar-refractivity contribution in [2.24, 2.45) is 0 Å². The van der Waals surface area contributed by atoms with Gasteiger partial charge in [0, 0.05) is 17.8 Å². The van der Waals surface area contributed by atoms with Crippen molar-refractivity contribution in [2.75, 3.05) is 24.9 Å². The van der Waals surface area contributed by atoms with E-state index in [0.29, 0.717) is 17.4 Å². The number of anilines is 4. The van der Waals surface area contributed by atoms with Gasteiger partial charge in [-0.3, -0.25) is 0 Å². The highest BCUT2D eigenvalue weighted by molar-refractivity contribution is 5.70. The predicted octanol–water partition coefficient (Wildman–Crippen LogP) is 5.16. The fourth-order valence-electron chi connectivity index (χ4n) is 3.07. The van der Waals surface area contributed by atoms with Gasteiger partial charge in [-0.25, -0.2) is 9.97 Å². The quantitative estimate of drug-likeness (QED) is 0.592. The van der Waals surface area contributed by atoms with E-state index < -0.39 is 0 Å². The zero-order valence-electron chi connectivity index (χ0n) is 17.0. The Hall–Kier alpha value is -3.28. The molecule has 0 atom stereocenters. The second-order valence-corrected chi connectivity index (χ2v) is 6.46. The van der Waals surface area contributed by atoms with Crippen molar-refractivity contribution in [3.05, 3.63) is 59.4 Å². The van der Waals surface area contributed by atoms with Gasteiger partial charge >= 0.3 is 0 Å². The zero-order valence-corrected chi connectivity index (χ0v) is 17.0. The smallest absolute Gasteiger partial charge is 0.146 e. The summed E-state index contributed by atoms with van der Waals surface area (Å²) in [5.74, 6) is 3.51. The number of hydrogen-bond donors (Lipinski definition) is 2. The van der Waals surface area contributed by atoms with Gasteiger partial charge in [0.25, 0.3) is 0 Å². The first-order chi connectivity index (χ1) is 13.5. The Morgan fingerprint density at radius 3 is 2.32 bits per heavy atom.